The van der Waals surface area contributed by atoms with Gasteiger partial charge in [0.1, 0.15) is 16.8 Å². The van der Waals surface area contributed by atoms with Gasteiger partial charge in [-0.3, -0.25) is 0 Å². The molecule has 1 saturated heterocycles. The second-order valence-corrected chi connectivity index (χ2v) is 10.6. The van der Waals surface area contributed by atoms with E-state index in [9.17, 15) is 8.42 Å². The first-order chi connectivity index (χ1) is 15.0. The van der Waals surface area contributed by atoms with E-state index in [-0.39, 0.29) is 4.90 Å². The minimum absolute atomic E-state index is 0.255. The Morgan fingerprint density at radius 2 is 1.90 bits per heavy atom. The number of hydrogen-bond acceptors (Lipinski definition) is 7. The van der Waals surface area contributed by atoms with Gasteiger partial charge in [-0.2, -0.15) is 4.31 Å². The highest BCUT2D eigenvalue weighted by Crippen LogP contribution is 2.36. The number of nitrogens with zero attached hydrogens (tertiary/aromatic N) is 4. The Balaban J connectivity index is 1.52. The molecule has 0 aliphatic carbocycles. The van der Waals surface area contributed by atoms with Gasteiger partial charge in [-0.1, -0.05) is 17.8 Å². The van der Waals surface area contributed by atoms with E-state index in [1.54, 1.807) is 35.9 Å². The SMILES string of the molecule is COc1ccc(S(=O)(=O)N2CCCCC2)cc1Nc1nc2c(ccc3c2ncn3C)s1. The van der Waals surface area contributed by atoms with Crippen LogP contribution in [0.3, 0.4) is 0 Å². The van der Waals surface area contributed by atoms with Gasteiger partial charge in [-0.25, -0.2) is 18.4 Å². The van der Waals surface area contributed by atoms with Crippen molar-refractivity contribution in [3.05, 3.63) is 36.7 Å². The van der Waals surface area contributed by atoms with E-state index in [2.05, 4.69) is 10.3 Å². The Morgan fingerprint density at radius 3 is 2.68 bits per heavy atom. The summed E-state index contributed by atoms with van der Waals surface area (Å²) in [5, 5.41) is 3.92. The van der Waals surface area contributed by atoms with Gasteiger partial charge < -0.3 is 14.6 Å². The zero-order valence-corrected chi connectivity index (χ0v) is 19.0. The van der Waals surface area contributed by atoms with Crippen molar-refractivity contribution in [1.29, 1.82) is 0 Å². The van der Waals surface area contributed by atoms with Gasteiger partial charge in [0.15, 0.2) is 5.13 Å². The number of aromatic nitrogens is 3. The van der Waals surface area contributed by atoms with E-state index in [0.29, 0.717) is 29.7 Å². The summed E-state index contributed by atoms with van der Waals surface area (Å²) in [4.78, 5) is 9.45. The molecule has 0 saturated carbocycles. The average molecular weight is 458 g/mol. The molecule has 1 fully saturated rings. The molecule has 0 atom stereocenters. The molecular formula is C21H23N5O3S2. The Kier molecular flexibility index (Phi) is 5.07. The van der Waals surface area contributed by atoms with Gasteiger partial charge in [-0.15, -0.1) is 0 Å². The number of thiazole rings is 1. The second-order valence-electron chi connectivity index (χ2n) is 7.61. The van der Waals surface area contributed by atoms with Crippen LogP contribution >= 0.6 is 11.3 Å². The number of rotatable bonds is 5. The van der Waals surface area contributed by atoms with Crippen molar-refractivity contribution in [3.8, 4) is 5.75 Å². The van der Waals surface area contributed by atoms with Crippen molar-refractivity contribution >= 4 is 53.4 Å². The van der Waals surface area contributed by atoms with Crippen LogP contribution in [0.15, 0.2) is 41.6 Å². The summed E-state index contributed by atoms with van der Waals surface area (Å²) < 4.78 is 36.2. The second kappa shape index (κ2) is 7.77. The zero-order chi connectivity index (χ0) is 21.6. The van der Waals surface area contributed by atoms with Crippen LogP contribution in [0.4, 0.5) is 10.8 Å². The van der Waals surface area contributed by atoms with Gasteiger partial charge in [0.25, 0.3) is 0 Å². The standard InChI is InChI=1S/C21H23N5O3S2/c1-25-13-22-19-16(25)7-9-18-20(19)24-21(30-18)23-15-12-14(6-8-17(15)29-2)31(27,28)26-10-4-3-5-11-26/h6-9,12-13H,3-5,10-11H2,1-2H3,(H,23,24). The fraction of sp³-hybridized carbons (Fsp3) is 0.333. The summed E-state index contributed by atoms with van der Waals surface area (Å²) in [6.07, 6.45) is 4.64. The summed E-state index contributed by atoms with van der Waals surface area (Å²) in [6.45, 7) is 1.13. The number of imidazole rings is 1. The number of sulfonamides is 1. The molecule has 0 unspecified atom stereocenters. The van der Waals surface area contributed by atoms with Gasteiger partial charge in [0.05, 0.1) is 34.2 Å². The Labute approximate surface area is 184 Å². The molecule has 1 aliphatic heterocycles. The van der Waals surface area contributed by atoms with E-state index in [1.807, 2.05) is 23.7 Å². The molecule has 8 nitrogen and oxygen atoms in total. The molecule has 10 heteroatoms. The van der Waals surface area contributed by atoms with Crippen LogP contribution in [0, 0.1) is 0 Å². The first kappa shape index (κ1) is 20.2. The number of nitrogens with one attached hydrogen (secondary N) is 1. The van der Waals surface area contributed by atoms with Crippen LogP contribution in [-0.4, -0.2) is 47.5 Å². The van der Waals surface area contributed by atoms with E-state index < -0.39 is 10.0 Å². The monoisotopic (exact) mass is 457 g/mol. The molecule has 3 heterocycles. The van der Waals surface area contributed by atoms with Crippen molar-refractivity contribution < 1.29 is 13.2 Å². The molecule has 0 radical (unpaired) electrons. The largest absolute Gasteiger partial charge is 0.495 e. The molecule has 31 heavy (non-hydrogen) atoms. The first-order valence-corrected chi connectivity index (χ1v) is 12.4. The van der Waals surface area contributed by atoms with Crippen molar-refractivity contribution in [2.24, 2.45) is 7.05 Å². The maximum absolute atomic E-state index is 13.1. The molecule has 0 bridgehead atoms. The maximum atomic E-state index is 13.1. The van der Waals surface area contributed by atoms with Crippen LogP contribution in [-0.2, 0) is 17.1 Å². The third-order valence-electron chi connectivity index (χ3n) is 5.62. The smallest absolute Gasteiger partial charge is 0.243 e. The van der Waals surface area contributed by atoms with Crippen LogP contribution in [0.2, 0.25) is 0 Å². The fourth-order valence-electron chi connectivity index (χ4n) is 3.96. The number of methoxy groups -OCH3 is 1. The van der Waals surface area contributed by atoms with Crippen LogP contribution in [0.25, 0.3) is 21.3 Å². The van der Waals surface area contributed by atoms with E-state index in [0.717, 1.165) is 40.5 Å². The van der Waals surface area contributed by atoms with Crippen LogP contribution in [0.1, 0.15) is 19.3 Å². The molecule has 1 N–H and O–H groups in total. The summed E-state index contributed by atoms with van der Waals surface area (Å²) in [5.74, 6) is 0.555. The van der Waals surface area contributed by atoms with Gasteiger partial charge in [-0.05, 0) is 43.2 Å². The number of hydrogen-bond donors (Lipinski definition) is 1. The van der Waals surface area contributed by atoms with E-state index in [1.165, 1.54) is 11.3 Å². The molecule has 2 aromatic heterocycles. The summed E-state index contributed by atoms with van der Waals surface area (Å²) in [6, 6.07) is 8.97. The summed E-state index contributed by atoms with van der Waals surface area (Å²) in [5.41, 5.74) is 3.24. The molecule has 0 amide bonds. The fourth-order valence-corrected chi connectivity index (χ4v) is 6.38. The summed E-state index contributed by atoms with van der Waals surface area (Å²) >= 11 is 1.49. The Bertz CT molecular complexity index is 1370. The highest BCUT2D eigenvalue weighted by atomic mass is 32.2. The highest BCUT2D eigenvalue weighted by Gasteiger charge is 2.27. The van der Waals surface area contributed by atoms with E-state index in [4.69, 9.17) is 9.72 Å². The number of anilines is 2. The zero-order valence-electron chi connectivity index (χ0n) is 17.3. The predicted octanol–water partition coefficient (Wildman–Crippen LogP) is 4.11. The lowest BCUT2D eigenvalue weighted by Gasteiger charge is -2.26. The number of aryl methyl sites for hydroxylation is 1. The van der Waals surface area contributed by atoms with E-state index >= 15 is 0 Å². The topological polar surface area (TPSA) is 89.3 Å². The molecule has 162 valence electrons. The van der Waals surface area contributed by atoms with Gasteiger partial charge in [0.2, 0.25) is 10.0 Å². The lowest BCUT2D eigenvalue weighted by molar-refractivity contribution is 0.346. The number of piperidine rings is 1. The van der Waals surface area contributed by atoms with Gasteiger partial charge in [0, 0.05) is 20.1 Å². The predicted molar refractivity (Wildman–Crippen MR) is 123 cm³/mol. The Morgan fingerprint density at radius 1 is 1.10 bits per heavy atom. The molecular weight excluding hydrogens is 434 g/mol. The van der Waals surface area contributed by atoms with Crippen LogP contribution < -0.4 is 10.1 Å². The van der Waals surface area contributed by atoms with Crippen molar-refractivity contribution in [2.75, 3.05) is 25.5 Å². The normalized spacial score (nSPS) is 15.5. The van der Waals surface area contributed by atoms with Crippen LogP contribution in [0.5, 0.6) is 5.75 Å². The quantitative estimate of drug-likeness (QED) is 0.485. The molecule has 5 rings (SSSR count). The Hall–Kier alpha value is -2.69. The number of ether oxygens (including phenoxy) is 1. The third-order valence-corrected chi connectivity index (χ3v) is 8.45. The maximum Gasteiger partial charge on any atom is 0.243 e. The third kappa shape index (κ3) is 3.54. The molecule has 2 aromatic carbocycles. The van der Waals surface area contributed by atoms with Crippen molar-refractivity contribution in [2.45, 2.75) is 24.2 Å². The summed E-state index contributed by atoms with van der Waals surface area (Å²) in [7, 11) is -0.0296. The number of fused-ring (bicyclic) bond motifs is 3. The average Bonchev–Trinajstić information content (AvgIpc) is 3.37. The number of benzene rings is 2. The molecule has 4 aromatic rings. The first-order valence-electron chi connectivity index (χ1n) is 10.1. The van der Waals surface area contributed by atoms with Crippen molar-refractivity contribution in [3.63, 3.8) is 0 Å². The lowest BCUT2D eigenvalue weighted by atomic mass is 10.2. The van der Waals surface area contributed by atoms with Gasteiger partial charge >= 0.3 is 0 Å². The molecule has 1 aliphatic rings. The highest BCUT2D eigenvalue weighted by molar-refractivity contribution is 7.89. The molecule has 0 spiro atoms. The van der Waals surface area contributed by atoms with Crippen molar-refractivity contribution in [1.82, 2.24) is 18.8 Å². The lowest BCUT2D eigenvalue weighted by Crippen LogP contribution is -2.35. The minimum Gasteiger partial charge on any atom is -0.495 e. The minimum atomic E-state index is -3.54.